The molecule has 0 radical (unpaired) electrons. The molecule has 0 aliphatic heterocycles. The fraction of sp³-hybridized carbons (Fsp3) is 0.778. The highest BCUT2D eigenvalue weighted by atomic mass is 32.1. The standard InChI is InChI=1S/C9H16N4S/c1-9(2)4-6(5-9)13(3)8-11-7(10)12-14-8/h6H,4-5H2,1-3H3,(H2,10,12). The number of nitrogens with zero attached hydrogens (tertiary/aromatic N) is 3. The lowest BCUT2D eigenvalue weighted by molar-refractivity contribution is 0.150. The van der Waals surface area contributed by atoms with Gasteiger partial charge in [0.05, 0.1) is 0 Å². The Kier molecular flexibility index (Phi) is 2.14. The summed E-state index contributed by atoms with van der Waals surface area (Å²) in [6.07, 6.45) is 2.45. The molecule has 0 amide bonds. The Labute approximate surface area is 88.3 Å². The van der Waals surface area contributed by atoms with Crippen molar-refractivity contribution in [3.63, 3.8) is 0 Å². The van der Waals surface area contributed by atoms with E-state index in [2.05, 4.69) is 35.2 Å². The van der Waals surface area contributed by atoms with Gasteiger partial charge in [0.2, 0.25) is 11.1 Å². The van der Waals surface area contributed by atoms with Gasteiger partial charge in [0.1, 0.15) is 0 Å². The summed E-state index contributed by atoms with van der Waals surface area (Å²) in [5.41, 5.74) is 5.99. The number of aromatic nitrogens is 2. The van der Waals surface area contributed by atoms with Gasteiger partial charge in [-0.1, -0.05) is 13.8 Å². The van der Waals surface area contributed by atoms with Gasteiger partial charge in [-0.15, -0.1) is 0 Å². The molecule has 1 aromatic heterocycles. The molecule has 0 atom stereocenters. The third kappa shape index (κ3) is 1.68. The van der Waals surface area contributed by atoms with Crippen LogP contribution in [0.25, 0.3) is 0 Å². The van der Waals surface area contributed by atoms with Crippen molar-refractivity contribution in [3.05, 3.63) is 0 Å². The van der Waals surface area contributed by atoms with E-state index in [1.165, 1.54) is 24.4 Å². The first-order valence-corrected chi connectivity index (χ1v) is 5.57. The molecule has 2 N–H and O–H groups in total. The molecule has 4 nitrogen and oxygen atoms in total. The third-order valence-corrected chi connectivity index (χ3v) is 3.68. The van der Waals surface area contributed by atoms with Crippen LogP contribution < -0.4 is 10.6 Å². The molecule has 78 valence electrons. The molecule has 1 aliphatic rings. The molecule has 0 spiro atoms. The molecule has 1 heterocycles. The van der Waals surface area contributed by atoms with Gasteiger partial charge >= 0.3 is 0 Å². The van der Waals surface area contributed by atoms with Crippen molar-refractivity contribution in [2.75, 3.05) is 17.7 Å². The lowest BCUT2D eigenvalue weighted by Crippen LogP contribution is -2.47. The number of hydrogen-bond donors (Lipinski definition) is 1. The number of rotatable bonds is 2. The van der Waals surface area contributed by atoms with Gasteiger partial charge in [-0.25, -0.2) is 0 Å². The third-order valence-electron chi connectivity index (χ3n) is 2.86. The van der Waals surface area contributed by atoms with Gasteiger partial charge in [0.15, 0.2) is 0 Å². The zero-order chi connectivity index (χ0) is 10.3. The second-order valence-electron chi connectivity index (χ2n) is 4.77. The van der Waals surface area contributed by atoms with E-state index in [0.29, 0.717) is 17.4 Å². The SMILES string of the molecule is CN(c1nc(N)ns1)C1CC(C)(C)C1. The molecule has 1 fully saturated rings. The fourth-order valence-corrected chi connectivity index (χ4v) is 2.64. The first-order valence-electron chi connectivity index (χ1n) is 4.80. The van der Waals surface area contributed by atoms with Crippen LogP contribution >= 0.6 is 11.5 Å². The fourth-order valence-electron chi connectivity index (χ4n) is 2.02. The number of nitrogens with two attached hydrogens (primary N) is 1. The minimum atomic E-state index is 0.385. The molecule has 2 rings (SSSR count). The summed E-state index contributed by atoms with van der Waals surface area (Å²) in [5.74, 6) is 0.385. The minimum absolute atomic E-state index is 0.385. The van der Waals surface area contributed by atoms with Gasteiger partial charge in [0.25, 0.3) is 0 Å². The monoisotopic (exact) mass is 212 g/mol. The van der Waals surface area contributed by atoms with Crippen LogP contribution in [0, 0.1) is 5.41 Å². The highest BCUT2D eigenvalue weighted by Gasteiger charge is 2.39. The van der Waals surface area contributed by atoms with Gasteiger partial charge in [-0.3, -0.25) is 0 Å². The lowest BCUT2D eigenvalue weighted by atomic mass is 9.68. The van der Waals surface area contributed by atoms with E-state index in [0.717, 1.165) is 5.13 Å². The van der Waals surface area contributed by atoms with Crippen molar-refractivity contribution in [3.8, 4) is 0 Å². The summed E-state index contributed by atoms with van der Waals surface area (Å²) in [5, 5.41) is 0.933. The van der Waals surface area contributed by atoms with E-state index in [4.69, 9.17) is 5.73 Å². The molecule has 1 saturated carbocycles. The number of hydrogen-bond acceptors (Lipinski definition) is 5. The van der Waals surface area contributed by atoms with E-state index < -0.39 is 0 Å². The summed E-state index contributed by atoms with van der Waals surface area (Å²) >= 11 is 1.38. The summed E-state index contributed by atoms with van der Waals surface area (Å²) in [7, 11) is 2.07. The Morgan fingerprint density at radius 2 is 2.14 bits per heavy atom. The maximum atomic E-state index is 5.49. The van der Waals surface area contributed by atoms with Crippen LogP contribution in [0.3, 0.4) is 0 Å². The van der Waals surface area contributed by atoms with Gasteiger partial charge in [-0.05, 0) is 18.3 Å². The molecule has 0 saturated heterocycles. The molecule has 0 bridgehead atoms. The molecule has 1 aliphatic carbocycles. The smallest absolute Gasteiger partial charge is 0.233 e. The van der Waals surface area contributed by atoms with Crippen molar-refractivity contribution >= 4 is 22.6 Å². The quantitative estimate of drug-likeness (QED) is 0.811. The van der Waals surface area contributed by atoms with Crippen molar-refractivity contribution in [1.29, 1.82) is 0 Å². The first kappa shape index (κ1) is 9.71. The largest absolute Gasteiger partial charge is 0.367 e. The van der Waals surface area contributed by atoms with Crippen molar-refractivity contribution in [2.24, 2.45) is 5.41 Å². The van der Waals surface area contributed by atoms with E-state index in [-0.39, 0.29) is 0 Å². The summed E-state index contributed by atoms with van der Waals surface area (Å²) in [6, 6.07) is 0.609. The van der Waals surface area contributed by atoms with Gasteiger partial charge in [0, 0.05) is 24.6 Å². The van der Waals surface area contributed by atoms with E-state index >= 15 is 0 Å². The van der Waals surface area contributed by atoms with Crippen molar-refractivity contribution in [1.82, 2.24) is 9.36 Å². The van der Waals surface area contributed by atoms with E-state index in [1.807, 2.05) is 0 Å². The Morgan fingerprint density at radius 3 is 2.57 bits per heavy atom. The minimum Gasteiger partial charge on any atom is -0.367 e. The van der Waals surface area contributed by atoms with E-state index in [1.54, 1.807) is 0 Å². The molecule has 0 unspecified atom stereocenters. The molecule has 5 heteroatoms. The molecule has 1 aromatic rings. The van der Waals surface area contributed by atoms with Crippen LogP contribution in [0.4, 0.5) is 11.1 Å². The number of anilines is 2. The molecule has 0 aromatic carbocycles. The van der Waals surface area contributed by atoms with Crippen LogP contribution in [0.5, 0.6) is 0 Å². The predicted molar refractivity (Wildman–Crippen MR) is 59.5 cm³/mol. The summed E-state index contributed by atoms with van der Waals surface area (Å²) in [6.45, 7) is 4.59. The summed E-state index contributed by atoms with van der Waals surface area (Å²) in [4.78, 5) is 6.37. The van der Waals surface area contributed by atoms with Crippen molar-refractivity contribution in [2.45, 2.75) is 32.7 Å². The lowest BCUT2D eigenvalue weighted by Gasteiger charge is -2.46. The highest BCUT2D eigenvalue weighted by Crippen LogP contribution is 2.43. The average molecular weight is 212 g/mol. The van der Waals surface area contributed by atoms with Gasteiger partial charge < -0.3 is 10.6 Å². The predicted octanol–water partition coefficient (Wildman–Crippen LogP) is 1.75. The van der Waals surface area contributed by atoms with Crippen LogP contribution in [-0.2, 0) is 0 Å². The molecular weight excluding hydrogens is 196 g/mol. The molecular formula is C9H16N4S. The second kappa shape index (κ2) is 3.08. The average Bonchev–Trinajstić information content (AvgIpc) is 2.46. The highest BCUT2D eigenvalue weighted by molar-refractivity contribution is 7.09. The summed E-state index contributed by atoms with van der Waals surface area (Å²) < 4.78 is 3.98. The Bertz CT molecular complexity index is 325. The first-order chi connectivity index (χ1) is 6.48. The normalized spacial score (nSPS) is 20.5. The van der Waals surface area contributed by atoms with Crippen LogP contribution in [0.2, 0.25) is 0 Å². The van der Waals surface area contributed by atoms with Crippen molar-refractivity contribution < 1.29 is 0 Å². The van der Waals surface area contributed by atoms with Crippen LogP contribution in [-0.4, -0.2) is 22.4 Å². The second-order valence-corrected chi connectivity index (χ2v) is 5.50. The van der Waals surface area contributed by atoms with Crippen LogP contribution in [0.15, 0.2) is 0 Å². The number of nitrogen functional groups attached to an aromatic ring is 1. The molecule has 14 heavy (non-hydrogen) atoms. The maximum absolute atomic E-state index is 5.49. The maximum Gasteiger partial charge on any atom is 0.233 e. The zero-order valence-corrected chi connectivity index (χ0v) is 9.64. The topological polar surface area (TPSA) is 55.0 Å². The Balaban J connectivity index is 2.00. The zero-order valence-electron chi connectivity index (χ0n) is 8.82. The van der Waals surface area contributed by atoms with Gasteiger partial charge in [-0.2, -0.15) is 9.36 Å². The Morgan fingerprint density at radius 1 is 1.50 bits per heavy atom. The Hall–Kier alpha value is -0.840. The van der Waals surface area contributed by atoms with E-state index in [9.17, 15) is 0 Å². The van der Waals surface area contributed by atoms with Crippen LogP contribution in [0.1, 0.15) is 26.7 Å².